The van der Waals surface area contributed by atoms with E-state index >= 15 is 0 Å². The number of rotatable bonds is 6. The first-order valence-electron chi connectivity index (χ1n) is 8.42. The van der Waals surface area contributed by atoms with Gasteiger partial charge in [0.15, 0.2) is 5.82 Å². The van der Waals surface area contributed by atoms with Crippen LogP contribution in [0.15, 0.2) is 53.7 Å². The molecule has 0 aliphatic heterocycles. The molecule has 27 heavy (non-hydrogen) atoms. The Bertz CT molecular complexity index is 1010. The van der Waals surface area contributed by atoms with Gasteiger partial charge in [0.2, 0.25) is 0 Å². The summed E-state index contributed by atoms with van der Waals surface area (Å²) in [5.74, 6) is 0.723. The highest BCUT2D eigenvalue weighted by molar-refractivity contribution is 7.92. The summed E-state index contributed by atoms with van der Waals surface area (Å²) in [7, 11) is -3.74. The van der Waals surface area contributed by atoms with E-state index in [0.717, 1.165) is 11.1 Å². The molecule has 3 aromatic rings. The minimum Gasteiger partial charge on any atom is -0.365 e. The van der Waals surface area contributed by atoms with Gasteiger partial charge in [0.1, 0.15) is 5.82 Å². The number of nitrogens with zero attached hydrogens (tertiary/aromatic N) is 3. The molecule has 0 aliphatic rings. The molecule has 3 rings (SSSR count). The molecular weight excluding hydrogens is 362 g/mol. The number of benzene rings is 1. The first-order chi connectivity index (χ1) is 12.8. The SMILES string of the molecule is Cc1cc(C)c(S(=O)(=O)Nc2ccc(NCc3ccncc3)nn2)c(C)c1. The molecule has 0 unspecified atom stereocenters. The third-order valence-electron chi connectivity index (χ3n) is 4.00. The second-order valence-electron chi connectivity index (χ2n) is 6.35. The molecule has 8 heteroatoms. The van der Waals surface area contributed by atoms with Gasteiger partial charge in [0.05, 0.1) is 4.90 Å². The summed E-state index contributed by atoms with van der Waals surface area (Å²) < 4.78 is 28.0. The molecule has 7 nitrogen and oxygen atoms in total. The van der Waals surface area contributed by atoms with Crippen LogP contribution in [0.2, 0.25) is 0 Å². The minimum atomic E-state index is -3.74. The average Bonchev–Trinajstić information content (AvgIpc) is 2.60. The molecule has 0 fully saturated rings. The lowest BCUT2D eigenvalue weighted by atomic mass is 10.1. The van der Waals surface area contributed by atoms with Gasteiger partial charge in [-0.3, -0.25) is 9.71 Å². The van der Waals surface area contributed by atoms with E-state index in [0.29, 0.717) is 23.5 Å². The van der Waals surface area contributed by atoms with Crippen LogP contribution < -0.4 is 10.0 Å². The standard InChI is InChI=1S/C19H21N5O2S/c1-13-10-14(2)19(15(3)11-13)27(25,26)24-18-5-4-17(22-23-18)21-12-16-6-8-20-9-7-16/h4-11H,12H2,1-3H3,(H,21,22)(H,23,24). The van der Waals surface area contributed by atoms with Crippen LogP contribution in [0.25, 0.3) is 0 Å². The number of hydrogen-bond donors (Lipinski definition) is 2. The second-order valence-corrected chi connectivity index (χ2v) is 7.97. The molecule has 2 N–H and O–H groups in total. The van der Waals surface area contributed by atoms with Crippen molar-refractivity contribution in [1.29, 1.82) is 0 Å². The molecule has 0 aliphatic carbocycles. The van der Waals surface area contributed by atoms with Gasteiger partial charge in [-0.2, -0.15) is 0 Å². The van der Waals surface area contributed by atoms with Crippen molar-refractivity contribution >= 4 is 21.7 Å². The molecule has 0 saturated heterocycles. The predicted octanol–water partition coefficient (Wildman–Crippen LogP) is 3.21. The van der Waals surface area contributed by atoms with Crippen molar-refractivity contribution in [3.8, 4) is 0 Å². The van der Waals surface area contributed by atoms with E-state index < -0.39 is 10.0 Å². The largest absolute Gasteiger partial charge is 0.365 e. The number of pyridine rings is 1. The van der Waals surface area contributed by atoms with Gasteiger partial charge in [0, 0.05) is 18.9 Å². The molecule has 140 valence electrons. The van der Waals surface area contributed by atoms with Gasteiger partial charge in [-0.15, -0.1) is 10.2 Å². The summed E-state index contributed by atoms with van der Waals surface area (Å²) in [6, 6.07) is 10.8. The van der Waals surface area contributed by atoms with Crippen LogP contribution in [0, 0.1) is 20.8 Å². The minimum absolute atomic E-state index is 0.170. The fourth-order valence-corrected chi connectivity index (χ4v) is 4.41. The van der Waals surface area contributed by atoms with E-state index in [9.17, 15) is 8.42 Å². The summed E-state index contributed by atoms with van der Waals surface area (Å²) in [5.41, 5.74) is 3.47. The van der Waals surface area contributed by atoms with Crippen molar-refractivity contribution in [1.82, 2.24) is 15.2 Å². The fraction of sp³-hybridized carbons (Fsp3) is 0.211. The van der Waals surface area contributed by atoms with Crippen molar-refractivity contribution in [3.63, 3.8) is 0 Å². The zero-order valence-corrected chi connectivity index (χ0v) is 16.2. The second kappa shape index (κ2) is 7.71. The van der Waals surface area contributed by atoms with E-state index in [-0.39, 0.29) is 10.7 Å². The first-order valence-corrected chi connectivity index (χ1v) is 9.90. The summed E-state index contributed by atoms with van der Waals surface area (Å²) >= 11 is 0. The lowest BCUT2D eigenvalue weighted by Gasteiger charge is -2.13. The Kier molecular flexibility index (Phi) is 5.36. The van der Waals surface area contributed by atoms with Gasteiger partial charge in [-0.1, -0.05) is 17.7 Å². The Morgan fingerprint density at radius 1 is 0.889 bits per heavy atom. The normalized spacial score (nSPS) is 11.2. The molecule has 2 heterocycles. The highest BCUT2D eigenvalue weighted by Gasteiger charge is 2.20. The maximum absolute atomic E-state index is 12.7. The molecule has 0 radical (unpaired) electrons. The van der Waals surface area contributed by atoms with E-state index in [2.05, 4.69) is 25.2 Å². The Morgan fingerprint density at radius 3 is 2.07 bits per heavy atom. The third kappa shape index (κ3) is 4.59. The summed E-state index contributed by atoms with van der Waals surface area (Å²) in [6.45, 7) is 6.08. The van der Waals surface area contributed by atoms with E-state index in [1.165, 1.54) is 0 Å². The van der Waals surface area contributed by atoms with Crippen LogP contribution in [0.1, 0.15) is 22.3 Å². The quantitative estimate of drug-likeness (QED) is 0.678. The average molecular weight is 383 g/mol. The zero-order valence-electron chi connectivity index (χ0n) is 15.4. The van der Waals surface area contributed by atoms with Crippen LogP contribution in [0.4, 0.5) is 11.6 Å². The van der Waals surface area contributed by atoms with Crippen molar-refractivity contribution in [2.75, 3.05) is 10.0 Å². The van der Waals surface area contributed by atoms with Gasteiger partial charge in [0.25, 0.3) is 10.0 Å². The van der Waals surface area contributed by atoms with Crippen LogP contribution in [0.5, 0.6) is 0 Å². The molecule has 0 saturated carbocycles. The lowest BCUT2D eigenvalue weighted by Crippen LogP contribution is -2.17. The Hall–Kier alpha value is -3.00. The predicted molar refractivity (Wildman–Crippen MR) is 105 cm³/mol. The highest BCUT2D eigenvalue weighted by Crippen LogP contribution is 2.23. The van der Waals surface area contributed by atoms with E-state index in [1.807, 2.05) is 31.2 Å². The van der Waals surface area contributed by atoms with Gasteiger partial charge in [-0.25, -0.2) is 8.42 Å². The first kappa shape index (κ1) is 18.8. The van der Waals surface area contributed by atoms with Gasteiger partial charge >= 0.3 is 0 Å². The Morgan fingerprint density at radius 2 is 1.48 bits per heavy atom. The van der Waals surface area contributed by atoms with Crippen molar-refractivity contribution in [2.24, 2.45) is 0 Å². The maximum atomic E-state index is 12.7. The lowest BCUT2D eigenvalue weighted by molar-refractivity contribution is 0.599. The molecule has 0 amide bonds. The monoisotopic (exact) mass is 383 g/mol. The van der Waals surface area contributed by atoms with Crippen molar-refractivity contribution in [3.05, 3.63) is 71.0 Å². The summed E-state index contributed by atoms with van der Waals surface area (Å²) in [6.07, 6.45) is 3.44. The number of aromatic nitrogens is 3. The van der Waals surface area contributed by atoms with E-state index in [1.54, 1.807) is 38.4 Å². The fourth-order valence-electron chi connectivity index (χ4n) is 2.95. The number of aryl methyl sites for hydroxylation is 3. The number of anilines is 2. The van der Waals surface area contributed by atoms with Gasteiger partial charge < -0.3 is 5.32 Å². The molecular formula is C19H21N5O2S. The van der Waals surface area contributed by atoms with Crippen LogP contribution in [-0.2, 0) is 16.6 Å². The molecule has 0 bridgehead atoms. The Balaban J connectivity index is 1.72. The highest BCUT2D eigenvalue weighted by atomic mass is 32.2. The van der Waals surface area contributed by atoms with Crippen LogP contribution >= 0.6 is 0 Å². The van der Waals surface area contributed by atoms with Crippen molar-refractivity contribution < 1.29 is 8.42 Å². The smallest absolute Gasteiger partial charge is 0.263 e. The van der Waals surface area contributed by atoms with E-state index in [4.69, 9.17) is 0 Å². The van der Waals surface area contributed by atoms with Crippen LogP contribution in [0.3, 0.4) is 0 Å². The third-order valence-corrected chi connectivity index (χ3v) is 5.66. The van der Waals surface area contributed by atoms with Crippen molar-refractivity contribution in [2.45, 2.75) is 32.2 Å². The molecule has 0 spiro atoms. The summed E-state index contributed by atoms with van der Waals surface area (Å²) in [5, 5.41) is 11.1. The molecule has 2 aromatic heterocycles. The molecule has 1 aromatic carbocycles. The maximum Gasteiger partial charge on any atom is 0.263 e. The Labute approximate surface area is 158 Å². The number of nitrogens with one attached hydrogen (secondary N) is 2. The topological polar surface area (TPSA) is 96.9 Å². The number of hydrogen-bond acceptors (Lipinski definition) is 6. The summed E-state index contributed by atoms with van der Waals surface area (Å²) in [4.78, 5) is 4.24. The molecule has 0 atom stereocenters. The zero-order chi connectivity index (χ0) is 19.4. The van der Waals surface area contributed by atoms with Gasteiger partial charge in [-0.05, 0) is 61.7 Å². The van der Waals surface area contributed by atoms with Crippen LogP contribution in [-0.4, -0.2) is 23.6 Å². The number of sulfonamides is 1.